The van der Waals surface area contributed by atoms with Crippen LogP contribution in [0, 0.1) is 0 Å². The number of guanidine groups is 1. The van der Waals surface area contributed by atoms with Crippen molar-refractivity contribution >= 4 is 11.9 Å². The fourth-order valence-electron chi connectivity index (χ4n) is 4.58. The van der Waals surface area contributed by atoms with E-state index in [0.717, 1.165) is 58.8 Å². The fraction of sp³-hybridized carbons (Fsp3) is 0.905. The van der Waals surface area contributed by atoms with Gasteiger partial charge in [0, 0.05) is 52.4 Å². The normalized spacial score (nSPS) is 25.6. The molecule has 0 aromatic rings. The van der Waals surface area contributed by atoms with E-state index in [1.807, 2.05) is 0 Å². The van der Waals surface area contributed by atoms with Crippen LogP contribution in [-0.4, -0.2) is 99.9 Å². The summed E-state index contributed by atoms with van der Waals surface area (Å²) in [5, 5.41) is 6.99. The van der Waals surface area contributed by atoms with Gasteiger partial charge in [-0.3, -0.25) is 9.69 Å². The van der Waals surface area contributed by atoms with E-state index in [2.05, 4.69) is 20.5 Å². The van der Waals surface area contributed by atoms with Crippen molar-refractivity contribution in [1.29, 1.82) is 0 Å². The fourth-order valence-corrected chi connectivity index (χ4v) is 4.58. The van der Waals surface area contributed by atoms with E-state index in [1.54, 1.807) is 19.0 Å². The van der Waals surface area contributed by atoms with E-state index in [1.165, 1.54) is 32.1 Å². The molecule has 3 rings (SSSR count). The summed E-state index contributed by atoms with van der Waals surface area (Å²) < 4.78 is 11.3. The van der Waals surface area contributed by atoms with E-state index in [0.29, 0.717) is 5.96 Å². The van der Waals surface area contributed by atoms with Gasteiger partial charge < -0.3 is 25.0 Å². The number of amides is 1. The zero-order valence-corrected chi connectivity index (χ0v) is 18.3. The molecule has 2 N–H and O–H groups in total. The molecule has 0 radical (unpaired) electrons. The summed E-state index contributed by atoms with van der Waals surface area (Å²) >= 11 is 0. The van der Waals surface area contributed by atoms with Gasteiger partial charge in [-0.15, -0.1) is 0 Å². The number of rotatable bonds is 7. The quantitative estimate of drug-likeness (QED) is 0.479. The molecule has 1 amide bonds. The highest BCUT2D eigenvalue weighted by Gasteiger charge is 2.38. The summed E-state index contributed by atoms with van der Waals surface area (Å²) in [4.78, 5) is 20.8. The Labute approximate surface area is 175 Å². The van der Waals surface area contributed by atoms with E-state index in [4.69, 9.17) is 9.47 Å². The third-order valence-electron chi connectivity index (χ3n) is 6.44. The van der Waals surface area contributed by atoms with Crippen LogP contribution in [0.4, 0.5) is 0 Å². The van der Waals surface area contributed by atoms with Crippen LogP contribution in [0.5, 0.6) is 0 Å². The summed E-state index contributed by atoms with van der Waals surface area (Å²) in [6, 6.07) is 0. The molecule has 1 atom stereocenters. The van der Waals surface area contributed by atoms with Gasteiger partial charge in [0.15, 0.2) is 5.96 Å². The van der Waals surface area contributed by atoms with Gasteiger partial charge in [-0.25, -0.2) is 4.99 Å². The highest BCUT2D eigenvalue weighted by molar-refractivity contribution is 5.84. The lowest BCUT2D eigenvalue weighted by molar-refractivity contribution is -0.127. The van der Waals surface area contributed by atoms with Crippen LogP contribution in [0.25, 0.3) is 0 Å². The van der Waals surface area contributed by atoms with Crippen LogP contribution in [-0.2, 0) is 14.3 Å². The maximum absolute atomic E-state index is 12.0. The smallest absolute Gasteiger partial charge is 0.243 e. The molecular formula is C21H39N5O3. The molecule has 3 fully saturated rings. The first-order valence-corrected chi connectivity index (χ1v) is 11.3. The molecule has 1 saturated carbocycles. The average Bonchev–Trinajstić information content (AvgIpc) is 3.28. The first kappa shape index (κ1) is 22.3. The lowest BCUT2D eigenvalue weighted by atomic mass is 9.80. The molecule has 2 saturated heterocycles. The zero-order chi connectivity index (χ0) is 20.5. The second-order valence-electron chi connectivity index (χ2n) is 8.71. The summed E-state index contributed by atoms with van der Waals surface area (Å²) in [7, 11) is 3.53. The number of carbonyl (C=O) groups is 1. The minimum Gasteiger partial charge on any atom is -0.379 e. The third kappa shape index (κ3) is 6.55. The predicted octanol–water partition coefficient (Wildman–Crippen LogP) is 0.824. The zero-order valence-electron chi connectivity index (χ0n) is 18.3. The Morgan fingerprint density at radius 3 is 2.52 bits per heavy atom. The van der Waals surface area contributed by atoms with Gasteiger partial charge in [-0.2, -0.15) is 0 Å². The molecule has 8 nitrogen and oxygen atoms in total. The van der Waals surface area contributed by atoms with E-state index in [-0.39, 0.29) is 24.1 Å². The molecule has 2 heterocycles. The van der Waals surface area contributed by atoms with Crippen LogP contribution in [0.15, 0.2) is 4.99 Å². The first-order chi connectivity index (χ1) is 14.1. The van der Waals surface area contributed by atoms with Crippen LogP contribution in [0.2, 0.25) is 0 Å². The number of morpholine rings is 1. The van der Waals surface area contributed by atoms with Crippen LogP contribution in [0.1, 0.15) is 44.9 Å². The highest BCUT2D eigenvalue weighted by Crippen LogP contribution is 2.33. The average molecular weight is 410 g/mol. The number of ether oxygens (including phenoxy) is 2. The second kappa shape index (κ2) is 11.1. The number of aliphatic imine (C=N–C) groups is 1. The Bertz CT molecular complexity index is 536. The van der Waals surface area contributed by atoms with Crippen LogP contribution < -0.4 is 10.6 Å². The maximum atomic E-state index is 12.0. The summed E-state index contributed by atoms with van der Waals surface area (Å²) in [5.74, 6) is 0.720. The van der Waals surface area contributed by atoms with Crippen molar-refractivity contribution in [3.05, 3.63) is 0 Å². The van der Waals surface area contributed by atoms with E-state index < -0.39 is 0 Å². The lowest BCUT2D eigenvalue weighted by Crippen LogP contribution is -2.60. The molecule has 1 aliphatic carbocycles. The van der Waals surface area contributed by atoms with Crippen LogP contribution >= 0.6 is 0 Å². The number of hydrogen-bond acceptors (Lipinski definition) is 5. The van der Waals surface area contributed by atoms with E-state index in [9.17, 15) is 4.79 Å². The number of nitrogens with zero attached hydrogens (tertiary/aromatic N) is 3. The van der Waals surface area contributed by atoms with Gasteiger partial charge in [0.2, 0.25) is 5.91 Å². The first-order valence-electron chi connectivity index (χ1n) is 11.3. The largest absolute Gasteiger partial charge is 0.379 e. The number of carbonyl (C=O) groups excluding carboxylic acids is 1. The minimum atomic E-state index is 0.00350. The summed E-state index contributed by atoms with van der Waals surface area (Å²) in [6.07, 6.45) is 8.70. The molecule has 0 spiro atoms. The molecule has 29 heavy (non-hydrogen) atoms. The standard InChI is InChI=1S/C21H39N5O3/c1-25(2)19(27)16-23-20(22-15-18-7-6-12-29-18)24-17-21(8-4-3-5-9-21)26-10-13-28-14-11-26/h18H,3-17H2,1-2H3,(H2,22,23,24). The molecular weight excluding hydrogens is 370 g/mol. The van der Waals surface area contributed by atoms with Gasteiger partial charge in [-0.05, 0) is 25.7 Å². The predicted molar refractivity (Wildman–Crippen MR) is 114 cm³/mol. The Hall–Kier alpha value is -1.38. The van der Waals surface area contributed by atoms with Crippen molar-refractivity contribution in [2.45, 2.75) is 56.6 Å². The Kier molecular flexibility index (Phi) is 8.56. The Balaban J connectivity index is 1.63. The van der Waals surface area contributed by atoms with Crippen molar-refractivity contribution in [3.63, 3.8) is 0 Å². The van der Waals surface area contributed by atoms with Gasteiger partial charge >= 0.3 is 0 Å². The van der Waals surface area contributed by atoms with E-state index >= 15 is 0 Å². The van der Waals surface area contributed by atoms with Crippen molar-refractivity contribution < 1.29 is 14.3 Å². The molecule has 1 unspecified atom stereocenters. The number of likely N-dealkylation sites (N-methyl/N-ethyl adjacent to an activating group) is 1. The summed E-state index contributed by atoms with van der Waals surface area (Å²) in [6.45, 7) is 6.19. The van der Waals surface area contributed by atoms with Crippen molar-refractivity contribution in [3.8, 4) is 0 Å². The number of hydrogen-bond donors (Lipinski definition) is 2. The van der Waals surface area contributed by atoms with Crippen LogP contribution in [0.3, 0.4) is 0 Å². The van der Waals surface area contributed by atoms with Crippen molar-refractivity contribution in [1.82, 2.24) is 20.4 Å². The Morgan fingerprint density at radius 2 is 1.86 bits per heavy atom. The van der Waals surface area contributed by atoms with Crippen molar-refractivity contribution in [2.24, 2.45) is 4.99 Å². The van der Waals surface area contributed by atoms with Gasteiger partial charge in [-0.1, -0.05) is 19.3 Å². The van der Waals surface area contributed by atoms with Gasteiger partial charge in [0.1, 0.15) is 6.54 Å². The Morgan fingerprint density at radius 1 is 1.10 bits per heavy atom. The molecule has 0 aromatic heterocycles. The SMILES string of the molecule is CN(C)C(=O)CN=C(NCC1CCCO1)NCC1(N2CCOCC2)CCCCC1. The maximum Gasteiger partial charge on any atom is 0.243 e. The molecule has 8 heteroatoms. The molecule has 2 aliphatic heterocycles. The molecule has 3 aliphatic rings. The topological polar surface area (TPSA) is 78.4 Å². The second-order valence-corrected chi connectivity index (χ2v) is 8.71. The molecule has 0 aromatic carbocycles. The third-order valence-corrected chi connectivity index (χ3v) is 6.44. The minimum absolute atomic E-state index is 0.00350. The number of nitrogens with one attached hydrogen (secondary N) is 2. The van der Waals surface area contributed by atoms with Gasteiger partial charge in [0.05, 0.1) is 19.3 Å². The molecule has 0 bridgehead atoms. The molecule has 166 valence electrons. The summed E-state index contributed by atoms with van der Waals surface area (Å²) in [5.41, 5.74) is 0.153. The van der Waals surface area contributed by atoms with Gasteiger partial charge in [0.25, 0.3) is 0 Å². The monoisotopic (exact) mass is 409 g/mol. The lowest BCUT2D eigenvalue weighted by Gasteiger charge is -2.48. The highest BCUT2D eigenvalue weighted by atomic mass is 16.5. The van der Waals surface area contributed by atoms with Crippen molar-refractivity contribution in [2.75, 3.05) is 66.6 Å².